The van der Waals surface area contributed by atoms with Gasteiger partial charge in [-0.3, -0.25) is 0 Å². The molecule has 1 rings (SSSR count). The van der Waals surface area contributed by atoms with Crippen LogP contribution in [-0.4, -0.2) is 18.6 Å². The standard InChI is InChI=1S/C13H18F3N3O/c1-2-10(17)6-7-18-12(20)19-11-5-3-4-9(8-11)13(14,15)16/h3-5,8,10H,2,6-7,17H2,1H3,(H2,18,19,20). The number of benzene rings is 1. The molecular formula is C13H18F3N3O. The molecule has 0 aliphatic rings. The third-order valence-corrected chi connectivity index (χ3v) is 2.77. The van der Waals surface area contributed by atoms with E-state index in [1.54, 1.807) is 0 Å². The van der Waals surface area contributed by atoms with Crippen molar-refractivity contribution in [1.82, 2.24) is 5.32 Å². The Hall–Kier alpha value is -1.76. The lowest BCUT2D eigenvalue weighted by molar-refractivity contribution is -0.137. The van der Waals surface area contributed by atoms with Crippen molar-refractivity contribution < 1.29 is 18.0 Å². The molecule has 4 nitrogen and oxygen atoms in total. The summed E-state index contributed by atoms with van der Waals surface area (Å²) in [5.74, 6) is 0. The molecule has 1 aromatic carbocycles. The van der Waals surface area contributed by atoms with Crippen molar-refractivity contribution in [2.24, 2.45) is 5.73 Å². The van der Waals surface area contributed by atoms with Gasteiger partial charge >= 0.3 is 12.2 Å². The van der Waals surface area contributed by atoms with Gasteiger partial charge in [-0.1, -0.05) is 13.0 Å². The Labute approximate surface area is 115 Å². The van der Waals surface area contributed by atoms with Crippen LogP contribution >= 0.6 is 0 Å². The Balaban J connectivity index is 2.50. The predicted molar refractivity (Wildman–Crippen MR) is 71.3 cm³/mol. The van der Waals surface area contributed by atoms with Crippen LogP contribution in [-0.2, 0) is 6.18 Å². The van der Waals surface area contributed by atoms with Gasteiger partial charge in [0.1, 0.15) is 0 Å². The van der Waals surface area contributed by atoms with Gasteiger partial charge in [-0.25, -0.2) is 4.79 Å². The zero-order valence-corrected chi connectivity index (χ0v) is 11.1. The molecule has 0 saturated carbocycles. The lowest BCUT2D eigenvalue weighted by Gasteiger charge is -2.12. The van der Waals surface area contributed by atoms with E-state index in [1.807, 2.05) is 6.92 Å². The van der Waals surface area contributed by atoms with Crippen LogP contribution in [0.5, 0.6) is 0 Å². The van der Waals surface area contributed by atoms with E-state index in [0.717, 1.165) is 18.6 Å². The summed E-state index contributed by atoms with van der Waals surface area (Å²) < 4.78 is 37.5. The molecule has 1 aromatic rings. The Morgan fingerprint density at radius 1 is 1.40 bits per heavy atom. The number of hydrogen-bond acceptors (Lipinski definition) is 2. The fraction of sp³-hybridized carbons (Fsp3) is 0.462. The minimum absolute atomic E-state index is 0.00357. The molecule has 0 radical (unpaired) electrons. The number of hydrogen-bond donors (Lipinski definition) is 3. The van der Waals surface area contributed by atoms with Gasteiger partial charge < -0.3 is 16.4 Å². The zero-order chi connectivity index (χ0) is 15.2. The zero-order valence-electron chi connectivity index (χ0n) is 11.1. The molecule has 4 N–H and O–H groups in total. The number of carbonyl (C=O) groups is 1. The highest BCUT2D eigenvalue weighted by atomic mass is 19.4. The summed E-state index contributed by atoms with van der Waals surface area (Å²) in [5.41, 5.74) is 4.97. The summed E-state index contributed by atoms with van der Waals surface area (Å²) in [6.07, 6.45) is -3.01. The van der Waals surface area contributed by atoms with Crippen molar-refractivity contribution in [1.29, 1.82) is 0 Å². The van der Waals surface area contributed by atoms with Crippen LogP contribution in [0.3, 0.4) is 0 Å². The van der Waals surface area contributed by atoms with Gasteiger partial charge in [0.2, 0.25) is 0 Å². The van der Waals surface area contributed by atoms with Gasteiger partial charge in [-0.2, -0.15) is 13.2 Å². The van der Waals surface area contributed by atoms with Gasteiger partial charge in [-0.05, 0) is 31.0 Å². The van der Waals surface area contributed by atoms with Gasteiger partial charge in [0.25, 0.3) is 0 Å². The van der Waals surface area contributed by atoms with E-state index in [2.05, 4.69) is 10.6 Å². The van der Waals surface area contributed by atoms with Crippen molar-refractivity contribution in [3.63, 3.8) is 0 Å². The van der Waals surface area contributed by atoms with E-state index in [4.69, 9.17) is 5.73 Å². The Morgan fingerprint density at radius 2 is 2.10 bits per heavy atom. The maximum atomic E-state index is 12.5. The van der Waals surface area contributed by atoms with Crippen LogP contribution in [0.4, 0.5) is 23.7 Å². The summed E-state index contributed by atoms with van der Waals surface area (Å²) in [5, 5.41) is 4.90. The van der Waals surface area contributed by atoms with Gasteiger partial charge in [0, 0.05) is 18.3 Å². The number of rotatable bonds is 5. The fourth-order valence-electron chi connectivity index (χ4n) is 1.52. The molecule has 1 atom stereocenters. The maximum Gasteiger partial charge on any atom is 0.416 e. The Morgan fingerprint density at radius 3 is 2.70 bits per heavy atom. The molecule has 0 saturated heterocycles. The minimum Gasteiger partial charge on any atom is -0.338 e. The largest absolute Gasteiger partial charge is 0.416 e. The molecule has 0 fully saturated rings. The van der Waals surface area contributed by atoms with E-state index in [9.17, 15) is 18.0 Å². The van der Waals surface area contributed by atoms with E-state index in [-0.39, 0.29) is 11.7 Å². The summed E-state index contributed by atoms with van der Waals surface area (Å²) in [6, 6.07) is 3.93. The van der Waals surface area contributed by atoms with Crippen LogP contribution in [0, 0.1) is 0 Å². The lowest BCUT2D eigenvalue weighted by Crippen LogP contribution is -2.33. The molecule has 2 amide bonds. The molecule has 112 valence electrons. The smallest absolute Gasteiger partial charge is 0.338 e. The maximum absolute atomic E-state index is 12.5. The molecule has 0 aliphatic heterocycles. The number of nitrogens with two attached hydrogens (primary N) is 1. The molecule has 0 aliphatic carbocycles. The van der Waals surface area contributed by atoms with E-state index in [1.165, 1.54) is 12.1 Å². The minimum atomic E-state index is -4.43. The second kappa shape index (κ2) is 7.14. The average molecular weight is 289 g/mol. The lowest BCUT2D eigenvalue weighted by atomic mass is 10.2. The van der Waals surface area contributed by atoms with Crippen molar-refractivity contribution >= 4 is 11.7 Å². The van der Waals surface area contributed by atoms with Crippen LogP contribution in [0.25, 0.3) is 0 Å². The van der Waals surface area contributed by atoms with E-state index < -0.39 is 17.8 Å². The molecule has 0 bridgehead atoms. The second-order valence-corrected chi connectivity index (χ2v) is 4.42. The molecule has 0 aromatic heterocycles. The first-order valence-electron chi connectivity index (χ1n) is 6.30. The van der Waals surface area contributed by atoms with Crippen LogP contribution in [0.1, 0.15) is 25.3 Å². The summed E-state index contributed by atoms with van der Waals surface area (Å²) >= 11 is 0. The highest BCUT2D eigenvalue weighted by molar-refractivity contribution is 5.89. The quantitative estimate of drug-likeness (QED) is 0.780. The van der Waals surface area contributed by atoms with Crippen LogP contribution in [0.2, 0.25) is 0 Å². The van der Waals surface area contributed by atoms with Gasteiger partial charge in [0.05, 0.1) is 5.56 Å². The topological polar surface area (TPSA) is 67.1 Å². The van der Waals surface area contributed by atoms with E-state index >= 15 is 0 Å². The number of alkyl halides is 3. The number of urea groups is 1. The molecule has 1 unspecified atom stereocenters. The average Bonchev–Trinajstić information content (AvgIpc) is 2.37. The monoisotopic (exact) mass is 289 g/mol. The number of halogens is 3. The molecule has 20 heavy (non-hydrogen) atoms. The van der Waals surface area contributed by atoms with Crippen molar-refractivity contribution in [2.45, 2.75) is 32.0 Å². The number of nitrogens with one attached hydrogen (secondary N) is 2. The van der Waals surface area contributed by atoms with Gasteiger partial charge in [-0.15, -0.1) is 0 Å². The third-order valence-electron chi connectivity index (χ3n) is 2.77. The highest BCUT2D eigenvalue weighted by Gasteiger charge is 2.30. The third kappa shape index (κ3) is 5.48. The first-order valence-corrected chi connectivity index (χ1v) is 6.30. The summed E-state index contributed by atoms with van der Waals surface area (Å²) in [6.45, 7) is 2.31. The Bertz CT molecular complexity index is 449. The van der Waals surface area contributed by atoms with Crippen molar-refractivity contribution in [2.75, 3.05) is 11.9 Å². The van der Waals surface area contributed by atoms with Crippen molar-refractivity contribution in [3.8, 4) is 0 Å². The van der Waals surface area contributed by atoms with Crippen LogP contribution in [0.15, 0.2) is 24.3 Å². The first kappa shape index (κ1) is 16.3. The van der Waals surface area contributed by atoms with E-state index in [0.29, 0.717) is 13.0 Å². The normalized spacial score (nSPS) is 12.8. The SMILES string of the molecule is CCC(N)CCNC(=O)Nc1cccc(C(F)(F)F)c1. The van der Waals surface area contributed by atoms with Crippen LogP contribution < -0.4 is 16.4 Å². The van der Waals surface area contributed by atoms with Gasteiger partial charge in [0.15, 0.2) is 0 Å². The second-order valence-electron chi connectivity index (χ2n) is 4.42. The predicted octanol–water partition coefficient (Wildman–Crippen LogP) is 2.95. The number of carbonyl (C=O) groups excluding carboxylic acids is 1. The fourth-order valence-corrected chi connectivity index (χ4v) is 1.52. The van der Waals surface area contributed by atoms with Crippen molar-refractivity contribution in [3.05, 3.63) is 29.8 Å². The summed E-state index contributed by atoms with van der Waals surface area (Å²) in [4.78, 5) is 11.5. The number of anilines is 1. The molecular weight excluding hydrogens is 271 g/mol. The molecule has 7 heteroatoms. The first-order chi connectivity index (χ1) is 9.32. The number of amides is 2. The highest BCUT2D eigenvalue weighted by Crippen LogP contribution is 2.30. The Kier molecular flexibility index (Phi) is 5.82. The summed E-state index contributed by atoms with van der Waals surface area (Å²) in [7, 11) is 0. The molecule has 0 spiro atoms. The molecule has 0 heterocycles.